The zero-order valence-corrected chi connectivity index (χ0v) is 17.2. The van der Waals surface area contributed by atoms with E-state index in [2.05, 4.69) is 21.2 Å². The Morgan fingerprint density at radius 2 is 1.66 bits per heavy atom. The number of halogens is 7. The van der Waals surface area contributed by atoms with E-state index in [1.165, 1.54) is 0 Å². The van der Waals surface area contributed by atoms with Crippen molar-refractivity contribution in [2.24, 2.45) is 0 Å². The van der Waals surface area contributed by atoms with Gasteiger partial charge in [-0.25, -0.2) is 13.2 Å². The number of β-amino-alcohol motifs (C(OH)–C–C–N with tert-alkyl or cyclic N) is 1. The summed E-state index contributed by atoms with van der Waals surface area (Å²) in [6, 6.07) is 1.76. The standard InChI is InChI=1S/C19H11BrF6N2O4/c20-9-5-13(27-14-7-16(30)28(1-2-29)18(14)31)10(21)6-15(9)32-17-11(22)3-8(4-12(17)23)19(24,25)26/h3-7,27,29H,1-2H2. The van der Waals surface area contributed by atoms with Crippen LogP contribution in [0.15, 0.2) is 40.5 Å². The molecule has 170 valence electrons. The van der Waals surface area contributed by atoms with Crippen molar-refractivity contribution in [1.29, 1.82) is 0 Å². The highest BCUT2D eigenvalue weighted by atomic mass is 79.9. The van der Waals surface area contributed by atoms with E-state index in [9.17, 15) is 35.9 Å². The molecule has 0 unspecified atom stereocenters. The van der Waals surface area contributed by atoms with Crippen molar-refractivity contribution >= 4 is 33.4 Å². The fraction of sp³-hybridized carbons (Fsp3) is 0.158. The summed E-state index contributed by atoms with van der Waals surface area (Å²) in [5.74, 6) is -7.58. The molecule has 0 atom stereocenters. The van der Waals surface area contributed by atoms with E-state index in [0.717, 1.165) is 17.0 Å². The lowest BCUT2D eigenvalue weighted by Crippen LogP contribution is -2.34. The number of alkyl halides is 3. The Morgan fingerprint density at radius 1 is 1.03 bits per heavy atom. The smallest absolute Gasteiger partial charge is 0.416 e. The maximum Gasteiger partial charge on any atom is 0.416 e. The van der Waals surface area contributed by atoms with Gasteiger partial charge in [-0.05, 0) is 34.1 Å². The first-order chi connectivity index (χ1) is 14.9. The van der Waals surface area contributed by atoms with Gasteiger partial charge >= 0.3 is 6.18 Å². The average molecular weight is 525 g/mol. The highest BCUT2D eigenvalue weighted by Crippen LogP contribution is 2.39. The van der Waals surface area contributed by atoms with E-state index in [-0.39, 0.29) is 34.5 Å². The maximum absolute atomic E-state index is 14.5. The van der Waals surface area contributed by atoms with Crippen LogP contribution in [0.1, 0.15) is 5.56 Å². The summed E-state index contributed by atoms with van der Waals surface area (Å²) in [5.41, 5.74) is -2.18. The molecule has 1 aliphatic heterocycles. The number of anilines is 1. The minimum Gasteiger partial charge on any atom is -0.450 e. The Balaban J connectivity index is 1.86. The monoisotopic (exact) mass is 524 g/mol. The van der Waals surface area contributed by atoms with Gasteiger partial charge < -0.3 is 15.2 Å². The molecule has 0 bridgehead atoms. The number of hydrogen-bond donors (Lipinski definition) is 2. The van der Waals surface area contributed by atoms with Crippen LogP contribution in [0, 0.1) is 17.5 Å². The third-order valence-electron chi connectivity index (χ3n) is 4.16. The summed E-state index contributed by atoms with van der Waals surface area (Å²) in [4.78, 5) is 24.6. The highest BCUT2D eigenvalue weighted by Gasteiger charge is 2.34. The number of benzene rings is 2. The van der Waals surface area contributed by atoms with Crippen LogP contribution in [0.4, 0.5) is 32.0 Å². The number of amides is 2. The molecule has 1 heterocycles. The molecule has 2 N–H and O–H groups in total. The van der Waals surface area contributed by atoms with Crippen LogP contribution in [0.25, 0.3) is 0 Å². The first-order valence-corrected chi connectivity index (χ1v) is 9.40. The van der Waals surface area contributed by atoms with Gasteiger partial charge in [0.25, 0.3) is 11.8 Å². The number of rotatable bonds is 6. The third-order valence-corrected chi connectivity index (χ3v) is 4.78. The summed E-state index contributed by atoms with van der Waals surface area (Å²) in [6.07, 6.45) is -4.09. The van der Waals surface area contributed by atoms with Gasteiger partial charge in [-0.1, -0.05) is 0 Å². The number of aliphatic hydroxyl groups excluding tert-OH is 1. The van der Waals surface area contributed by atoms with E-state index in [1.54, 1.807) is 0 Å². The first-order valence-electron chi connectivity index (χ1n) is 8.61. The van der Waals surface area contributed by atoms with Gasteiger partial charge in [-0.15, -0.1) is 0 Å². The number of nitrogens with zero attached hydrogens (tertiary/aromatic N) is 1. The lowest BCUT2D eigenvalue weighted by molar-refractivity contribution is -0.138. The van der Waals surface area contributed by atoms with Crippen molar-refractivity contribution in [2.75, 3.05) is 18.5 Å². The fourth-order valence-electron chi connectivity index (χ4n) is 2.69. The van der Waals surface area contributed by atoms with Crippen molar-refractivity contribution in [3.63, 3.8) is 0 Å². The third kappa shape index (κ3) is 4.72. The Kier molecular flexibility index (Phi) is 6.51. The number of carbonyl (C=O) groups is 2. The number of carbonyl (C=O) groups excluding carboxylic acids is 2. The molecule has 0 fully saturated rings. The molecular weight excluding hydrogens is 514 g/mol. The zero-order valence-electron chi connectivity index (χ0n) is 15.6. The highest BCUT2D eigenvalue weighted by molar-refractivity contribution is 9.10. The Morgan fingerprint density at radius 3 is 2.22 bits per heavy atom. The molecule has 13 heteroatoms. The second-order valence-electron chi connectivity index (χ2n) is 6.33. The van der Waals surface area contributed by atoms with Crippen molar-refractivity contribution in [2.45, 2.75) is 6.18 Å². The van der Waals surface area contributed by atoms with Crippen molar-refractivity contribution in [1.82, 2.24) is 4.90 Å². The lowest BCUT2D eigenvalue weighted by atomic mass is 10.2. The van der Waals surface area contributed by atoms with E-state index >= 15 is 0 Å². The number of imide groups is 1. The topological polar surface area (TPSA) is 78.9 Å². The van der Waals surface area contributed by atoms with Gasteiger partial charge in [0.15, 0.2) is 17.4 Å². The number of nitrogens with one attached hydrogen (secondary N) is 1. The molecule has 1 aliphatic rings. The molecule has 2 aromatic carbocycles. The zero-order chi connectivity index (χ0) is 23.8. The average Bonchev–Trinajstić information content (AvgIpc) is 2.95. The van der Waals surface area contributed by atoms with Crippen LogP contribution in [-0.2, 0) is 15.8 Å². The molecule has 0 spiro atoms. The molecular formula is C19H11BrF6N2O4. The van der Waals surface area contributed by atoms with Gasteiger partial charge in [0, 0.05) is 12.1 Å². The second-order valence-corrected chi connectivity index (χ2v) is 7.19. The molecule has 0 aromatic heterocycles. The Hall–Kier alpha value is -3.06. The van der Waals surface area contributed by atoms with Crippen molar-refractivity contribution < 1.29 is 45.8 Å². The summed E-state index contributed by atoms with van der Waals surface area (Å²) in [7, 11) is 0. The van der Waals surface area contributed by atoms with Crippen LogP contribution in [0.2, 0.25) is 0 Å². The minimum absolute atomic E-state index is 0.0337. The number of hydrogen-bond acceptors (Lipinski definition) is 5. The van der Waals surface area contributed by atoms with Gasteiger partial charge in [-0.2, -0.15) is 13.2 Å². The predicted molar refractivity (Wildman–Crippen MR) is 101 cm³/mol. The van der Waals surface area contributed by atoms with Crippen molar-refractivity contribution in [3.05, 3.63) is 63.5 Å². The molecule has 32 heavy (non-hydrogen) atoms. The molecule has 3 rings (SSSR count). The van der Waals surface area contributed by atoms with E-state index in [0.29, 0.717) is 6.07 Å². The molecule has 0 radical (unpaired) electrons. The summed E-state index contributed by atoms with van der Waals surface area (Å²) >= 11 is 2.98. The SMILES string of the molecule is O=C1C=C(Nc2cc(Br)c(Oc3c(F)cc(C(F)(F)F)cc3F)cc2F)C(=O)N1CCO. The molecule has 2 amide bonds. The minimum atomic E-state index is -4.99. The lowest BCUT2D eigenvalue weighted by Gasteiger charge is -2.15. The van der Waals surface area contributed by atoms with Crippen LogP contribution in [0.3, 0.4) is 0 Å². The van der Waals surface area contributed by atoms with E-state index < -0.39 is 59.1 Å². The molecule has 0 saturated heterocycles. The summed E-state index contributed by atoms with van der Waals surface area (Å²) in [6.45, 7) is -0.732. The fourth-order valence-corrected chi connectivity index (χ4v) is 3.11. The summed E-state index contributed by atoms with van der Waals surface area (Å²) < 4.78 is 85.3. The first kappa shape index (κ1) is 23.6. The van der Waals surface area contributed by atoms with Gasteiger partial charge in [0.2, 0.25) is 0 Å². The van der Waals surface area contributed by atoms with Gasteiger partial charge in [-0.3, -0.25) is 14.5 Å². The van der Waals surface area contributed by atoms with Crippen molar-refractivity contribution in [3.8, 4) is 11.5 Å². The molecule has 6 nitrogen and oxygen atoms in total. The van der Waals surface area contributed by atoms with Crippen LogP contribution in [-0.4, -0.2) is 35.0 Å². The molecule has 0 saturated carbocycles. The van der Waals surface area contributed by atoms with Gasteiger partial charge in [0.05, 0.1) is 28.9 Å². The maximum atomic E-state index is 14.5. The van der Waals surface area contributed by atoms with E-state index in [4.69, 9.17) is 9.84 Å². The van der Waals surface area contributed by atoms with Crippen LogP contribution < -0.4 is 10.1 Å². The number of ether oxygens (including phenoxy) is 1. The Bertz CT molecular complexity index is 1110. The van der Waals surface area contributed by atoms with Crippen LogP contribution in [0.5, 0.6) is 11.5 Å². The summed E-state index contributed by atoms with van der Waals surface area (Å²) in [5, 5.41) is 11.3. The molecule has 0 aliphatic carbocycles. The van der Waals surface area contributed by atoms with Gasteiger partial charge in [0.1, 0.15) is 17.3 Å². The Labute approximate surface area is 184 Å². The predicted octanol–water partition coefficient (Wildman–Crippen LogP) is 4.33. The molecule has 2 aromatic rings. The quantitative estimate of drug-likeness (QED) is 0.434. The largest absolute Gasteiger partial charge is 0.450 e. The normalized spacial score (nSPS) is 14.1. The van der Waals surface area contributed by atoms with E-state index in [1.807, 2.05) is 0 Å². The second kappa shape index (κ2) is 8.82. The van der Waals surface area contributed by atoms with Crippen LogP contribution >= 0.6 is 15.9 Å². The number of aliphatic hydroxyl groups is 1.